The van der Waals surface area contributed by atoms with Crippen molar-refractivity contribution in [3.8, 4) is 0 Å². The molecule has 2 aromatic rings. The Labute approximate surface area is 211 Å². The molecule has 1 aliphatic carbocycles. The van der Waals surface area contributed by atoms with Gasteiger partial charge >= 0.3 is 0 Å². The lowest BCUT2D eigenvalue weighted by atomic mass is 9.85. The summed E-state index contributed by atoms with van der Waals surface area (Å²) in [5.41, 5.74) is 1.98. The predicted octanol–water partition coefficient (Wildman–Crippen LogP) is 3.35. The maximum atomic E-state index is 12.2. The molecule has 1 amide bonds. The van der Waals surface area contributed by atoms with Crippen molar-refractivity contribution >= 4 is 58.2 Å². The van der Waals surface area contributed by atoms with E-state index in [2.05, 4.69) is 47.8 Å². The first kappa shape index (κ1) is 24.7. The Morgan fingerprint density at radius 2 is 2.03 bits per heavy atom. The number of guanidine groups is 1. The number of carbonyl (C=O) groups excluding carboxylic acids is 1. The van der Waals surface area contributed by atoms with Gasteiger partial charge in [-0.05, 0) is 30.5 Å². The number of piperazine rings is 1. The third kappa shape index (κ3) is 6.09. The zero-order chi connectivity index (χ0) is 21.6. The monoisotopic (exact) mass is 569 g/mol. The highest BCUT2D eigenvalue weighted by Crippen LogP contribution is 2.27. The standard InChI is InChI=1S/C22H31N7OS.HI/c1-3-19-26-22(31-27-19)29-12-10-28(11-13-29)21(23-2)24-15-16-6-4-9-18(14-16)25-20(30)17-7-5-8-17;/h4,6,9,14,17H,3,5,7-8,10-13,15H2,1-2H3,(H,23,24)(H,25,30);1H. The second kappa shape index (κ2) is 11.8. The molecule has 4 rings (SSSR count). The Morgan fingerprint density at radius 3 is 2.66 bits per heavy atom. The van der Waals surface area contributed by atoms with Crippen LogP contribution < -0.4 is 15.5 Å². The lowest BCUT2D eigenvalue weighted by Gasteiger charge is -2.36. The van der Waals surface area contributed by atoms with Crippen LogP contribution in [0.3, 0.4) is 0 Å². The summed E-state index contributed by atoms with van der Waals surface area (Å²) in [5.74, 6) is 2.15. The zero-order valence-electron chi connectivity index (χ0n) is 18.7. The Balaban J connectivity index is 0.00000289. The number of carbonyl (C=O) groups is 1. The Bertz CT molecular complexity index is 923. The minimum Gasteiger partial charge on any atom is -0.352 e. The number of nitrogens with zero attached hydrogens (tertiary/aromatic N) is 5. The third-order valence-corrected chi connectivity index (χ3v) is 6.77. The van der Waals surface area contributed by atoms with Gasteiger partial charge in [0.15, 0.2) is 5.96 Å². The first-order chi connectivity index (χ1) is 15.2. The number of amides is 1. The second-order valence-electron chi connectivity index (χ2n) is 8.04. The minimum absolute atomic E-state index is 0. The fourth-order valence-corrected chi connectivity index (χ4v) is 4.61. The van der Waals surface area contributed by atoms with Crippen molar-refractivity contribution in [1.82, 2.24) is 19.6 Å². The minimum atomic E-state index is 0. The maximum absolute atomic E-state index is 12.2. The van der Waals surface area contributed by atoms with E-state index in [1.165, 1.54) is 11.5 Å². The van der Waals surface area contributed by atoms with Gasteiger partial charge in [0.1, 0.15) is 5.82 Å². The van der Waals surface area contributed by atoms with Gasteiger partial charge in [-0.1, -0.05) is 25.5 Å². The summed E-state index contributed by atoms with van der Waals surface area (Å²) in [7, 11) is 1.82. The SMILES string of the molecule is CCc1nsc(N2CCN(C(=NC)NCc3cccc(NC(=O)C4CCC4)c3)CC2)n1.I. The van der Waals surface area contributed by atoms with Gasteiger partial charge in [-0.2, -0.15) is 4.37 Å². The summed E-state index contributed by atoms with van der Waals surface area (Å²) in [6, 6.07) is 8.04. The van der Waals surface area contributed by atoms with Crippen molar-refractivity contribution in [3.05, 3.63) is 35.7 Å². The van der Waals surface area contributed by atoms with E-state index in [1.54, 1.807) is 0 Å². The van der Waals surface area contributed by atoms with Crippen LogP contribution in [-0.4, -0.2) is 59.4 Å². The third-order valence-electron chi connectivity index (χ3n) is 5.96. The van der Waals surface area contributed by atoms with Crippen molar-refractivity contribution in [2.24, 2.45) is 10.9 Å². The van der Waals surface area contributed by atoms with Crippen LogP contribution in [0.25, 0.3) is 0 Å². The van der Waals surface area contributed by atoms with Crippen molar-refractivity contribution < 1.29 is 4.79 Å². The summed E-state index contributed by atoms with van der Waals surface area (Å²) < 4.78 is 4.40. The number of benzene rings is 1. The lowest BCUT2D eigenvalue weighted by Crippen LogP contribution is -2.52. The maximum Gasteiger partial charge on any atom is 0.227 e. The number of hydrogen-bond acceptors (Lipinski definition) is 6. The molecule has 2 aliphatic rings. The van der Waals surface area contributed by atoms with Crippen molar-refractivity contribution in [2.45, 2.75) is 39.2 Å². The molecule has 1 saturated carbocycles. The van der Waals surface area contributed by atoms with Gasteiger partial charge in [0.2, 0.25) is 11.0 Å². The number of aromatic nitrogens is 2. The number of aliphatic imine (C=N–C) groups is 1. The number of aryl methyl sites for hydroxylation is 1. The molecule has 0 atom stereocenters. The number of hydrogen-bond donors (Lipinski definition) is 2. The van der Waals surface area contributed by atoms with E-state index in [-0.39, 0.29) is 35.8 Å². The average molecular weight is 570 g/mol. The Kier molecular flexibility index (Phi) is 9.09. The van der Waals surface area contributed by atoms with Crippen LogP contribution in [0.2, 0.25) is 0 Å². The highest BCUT2D eigenvalue weighted by Gasteiger charge is 2.25. The van der Waals surface area contributed by atoms with Crippen molar-refractivity contribution in [2.75, 3.05) is 43.4 Å². The molecule has 0 bridgehead atoms. The smallest absolute Gasteiger partial charge is 0.227 e. The van der Waals surface area contributed by atoms with E-state index in [0.717, 1.165) is 80.0 Å². The quantitative estimate of drug-likeness (QED) is 0.316. The predicted molar refractivity (Wildman–Crippen MR) is 141 cm³/mol. The van der Waals surface area contributed by atoms with E-state index in [0.29, 0.717) is 6.54 Å². The summed E-state index contributed by atoms with van der Waals surface area (Å²) >= 11 is 1.49. The fraction of sp³-hybridized carbons (Fsp3) is 0.545. The molecule has 0 spiro atoms. The molecule has 0 radical (unpaired) electrons. The molecule has 0 unspecified atom stereocenters. The Hall–Kier alpha value is -1.95. The van der Waals surface area contributed by atoms with E-state index >= 15 is 0 Å². The van der Waals surface area contributed by atoms with Crippen LogP contribution in [0.15, 0.2) is 29.3 Å². The first-order valence-corrected chi connectivity index (χ1v) is 11.9. The average Bonchev–Trinajstić information content (AvgIpc) is 3.23. The van der Waals surface area contributed by atoms with Crippen molar-refractivity contribution in [1.29, 1.82) is 0 Å². The summed E-state index contributed by atoms with van der Waals surface area (Å²) in [6.07, 6.45) is 4.05. The molecule has 1 saturated heterocycles. The van der Waals surface area contributed by atoms with Gasteiger partial charge in [-0.15, -0.1) is 24.0 Å². The van der Waals surface area contributed by atoms with E-state index < -0.39 is 0 Å². The molecular formula is C22H32IN7OS. The van der Waals surface area contributed by atoms with Crippen LogP contribution in [0.4, 0.5) is 10.8 Å². The molecule has 2 fully saturated rings. The molecule has 10 heteroatoms. The normalized spacial score (nSPS) is 16.9. The molecule has 2 N–H and O–H groups in total. The largest absolute Gasteiger partial charge is 0.352 e. The second-order valence-corrected chi connectivity index (χ2v) is 8.77. The van der Waals surface area contributed by atoms with E-state index in [9.17, 15) is 4.79 Å². The van der Waals surface area contributed by atoms with Gasteiger partial charge in [-0.3, -0.25) is 9.79 Å². The molecule has 1 aliphatic heterocycles. The van der Waals surface area contributed by atoms with Gasteiger partial charge in [0, 0.05) is 69.3 Å². The lowest BCUT2D eigenvalue weighted by molar-refractivity contribution is -0.122. The van der Waals surface area contributed by atoms with Gasteiger partial charge in [-0.25, -0.2) is 4.98 Å². The molecule has 8 nitrogen and oxygen atoms in total. The molecule has 32 heavy (non-hydrogen) atoms. The number of halogens is 1. The highest BCUT2D eigenvalue weighted by molar-refractivity contribution is 14.0. The molecule has 1 aromatic heterocycles. The van der Waals surface area contributed by atoms with Gasteiger partial charge in [0.25, 0.3) is 0 Å². The van der Waals surface area contributed by atoms with E-state index in [1.807, 2.05) is 25.2 Å². The zero-order valence-corrected chi connectivity index (χ0v) is 21.9. The highest BCUT2D eigenvalue weighted by atomic mass is 127. The number of rotatable bonds is 6. The van der Waals surface area contributed by atoms with E-state index in [4.69, 9.17) is 0 Å². The van der Waals surface area contributed by atoms with Crippen LogP contribution in [-0.2, 0) is 17.8 Å². The number of nitrogens with one attached hydrogen (secondary N) is 2. The molecule has 1 aromatic carbocycles. The van der Waals surface area contributed by atoms with Crippen molar-refractivity contribution in [3.63, 3.8) is 0 Å². The molecule has 174 valence electrons. The van der Waals surface area contributed by atoms with Crippen LogP contribution in [0, 0.1) is 5.92 Å². The van der Waals surface area contributed by atoms with Crippen LogP contribution in [0.5, 0.6) is 0 Å². The Morgan fingerprint density at radius 1 is 1.25 bits per heavy atom. The number of anilines is 2. The topological polar surface area (TPSA) is 85.8 Å². The molecular weight excluding hydrogens is 537 g/mol. The first-order valence-electron chi connectivity index (χ1n) is 11.1. The molecule has 2 heterocycles. The van der Waals surface area contributed by atoms with Crippen LogP contribution in [0.1, 0.15) is 37.6 Å². The summed E-state index contributed by atoms with van der Waals surface area (Å²) in [4.78, 5) is 25.9. The summed E-state index contributed by atoms with van der Waals surface area (Å²) in [6.45, 7) is 6.33. The van der Waals surface area contributed by atoms with Gasteiger partial charge < -0.3 is 20.4 Å². The van der Waals surface area contributed by atoms with Gasteiger partial charge in [0.05, 0.1) is 0 Å². The fourth-order valence-electron chi connectivity index (χ4n) is 3.81. The summed E-state index contributed by atoms with van der Waals surface area (Å²) in [5, 5.41) is 7.53. The van der Waals surface area contributed by atoms with Crippen LogP contribution >= 0.6 is 35.5 Å².